The highest BCUT2D eigenvalue weighted by Crippen LogP contribution is 2.23. The molecular formula is C15H18FNO3. The second kappa shape index (κ2) is 7.05. The molecule has 0 atom stereocenters. The quantitative estimate of drug-likeness (QED) is 0.843. The predicted octanol–water partition coefficient (Wildman–Crippen LogP) is 2.76. The van der Waals surface area contributed by atoms with Crippen LogP contribution in [0, 0.1) is 11.7 Å². The summed E-state index contributed by atoms with van der Waals surface area (Å²) in [5, 5.41) is 2.50. The summed E-state index contributed by atoms with van der Waals surface area (Å²) in [5.41, 5.74) is 0.380. The number of halogens is 1. The molecule has 1 saturated heterocycles. The number of ether oxygens (including phenoxy) is 2. The Kier molecular flexibility index (Phi) is 5.12. The van der Waals surface area contributed by atoms with Gasteiger partial charge in [-0.1, -0.05) is 6.58 Å². The van der Waals surface area contributed by atoms with Gasteiger partial charge in [0.25, 0.3) is 0 Å². The summed E-state index contributed by atoms with van der Waals surface area (Å²) in [4.78, 5) is 11.1. The summed E-state index contributed by atoms with van der Waals surface area (Å²) in [6.45, 7) is 5.30. The average molecular weight is 279 g/mol. The largest absolute Gasteiger partial charge is 0.490 e. The lowest BCUT2D eigenvalue weighted by Crippen LogP contribution is -2.21. The zero-order valence-electron chi connectivity index (χ0n) is 11.2. The number of rotatable bonds is 5. The Morgan fingerprint density at radius 1 is 1.50 bits per heavy atom. The van der Waals surface area contributed by atoms with Crippen molar-refractivity contribution in [1.29, 1.82) is 0 Å². The molecule has 0 aromatic heterocycles. The molecule has 0 unspecified atom stereocenters. The number of hydrogen-bond acceptors (Lipinski definition) is 3. The molecule has 1 aliphatic heterocycles. The van der Waals surface area contributed by atoms with E-state index in [1.165, 1.54) is 12.1 Å². The van der Waals surface area contributed by atoms with E-state index in [1.807, 2.05) is 0 Å². The molecule has 4 nitrogen and oxygen atoms in total. The van der Waals surface area contributed by atoms with Gasteiger partial charge in [-0.05, 0) is 37.0 Å². The summed E-state index contributed by atoms with van der Waals surface area (Å²) in [6.07, 6.45) is 3.01. The minimum absolute atomic E-state index is 0.202. The van der Waals surface area contributed by atoms with Crippen molar-refractivity contribution < 1.29 is 18.7 Å². The molecule has 0 aliphatic carbocycles. The van der Waals surface area contributed by atoms with Gasteiger partial charge in [0.2, 0.25) is 5.91 Å². The minimum atomic E-state index is -0.487. The van der Waals surface area contributed by atoms with E-state index in [1.54, 1.807) is 6.07 Å². The van der Waals surface area contributed by atoms with Crippen molar-refractivity contribution >= 4 is 11.6 Å². The fourth-order valence-corrected chi connectivity index (χ4v) is 2.01. The second-order valence-corrected chi connectivity index (χ2v) is 4.71. The number of anilines is 1. The lowest BCUT2D eigenvalue weighted by Gasteiger charge is -2.22. The highest BCUT2D eigenvalue weighted by Gasteiger charge is 2.15. The number of benzene rings is 1. The molecule has 0 radical (unpaired) electrons. The molecular weight excluding hydrogens is 261 g/mol. The number of hydrogen-bond donors (Lipinski definition) is 1. The Hall–Kier alpha value is -1.88. The third kappa shape index (κ3) is 4.06. The molecule has 20 heavy (non-hydrogen) atoms. The molecule has 0 bridgehead atoms. The van der Waals surface area contributed by atoms with Crippen LogP contribution in [0.25, 0.3) is 0 Å². The molecule has 1 aromatic rings. The third-order valence-electron chi connectivity index (χ3n) is 3.20. The maximum Gasteiger partial charge on any atom is 0.247 e. The molecule has 1 aliphatic rings. The van der Waals surface area contributed by atoms with Crippen LogP contribution < -0.4 is 10.1 Å². The van der Waals surface area contributed by atoms with E-state index in [9.17, 15) is 9.18 Å². The smallest absolute Gasteiger partial charge is 0.247 e. The first-order chi connectivity index (χ1) is 9.69. The number of amides is 1. The fourth-order valence-electron chi connectivity index (χ4n) is 2.01. The molecule has 2 rings (SSSR count). The third-order valence-corrected chi connectivity index (χ3v) is 3.20. The van der Waals surface area contributed by atoms with Gasteiger partial charge in [0.15, 0.2) is 11.6 Å². The van der Waals surface area contributed by atoms with Crippen LogP contribution in [0.2, 0.25) is 0 Å². The van der Waals surface area contributed by atoms with Crippen LogP contribution in [-0.2, 0) is 9.53 Å². The molecule has 1 N–H and O–H groups in total. The van der Waals surface area contributed by atoms with E-state index < -0.39 is 5.82 Å². The van der Waals surface area contributed by atoms with Crippen LogP contribution in [0.1, 0.15) is 12.8 Å². The maximum absolute atomic E-state index is 13.8. The lowest BCUT2D eigenvalue weighted by atomic mass is 10.0. The zero-order chi connectivity index (χ0) is 14.4. The summed E-state index contributed by atoms with van der Waals surface area (Å²) in [7, 11) is 0. The van der Waals surface area contributed by atoms with Crippen molar-refractivity contribution in [3.63, 3.8) is 0 Å². The second-order valence-electron chi connectivity index (χ2n) is 4.71. The predicted molar refractivity (Wildman–Crippen MR) is 74.3 cm³/mol. The van der Waals surface area contributed by atoms with Gasteiger partial charge in [-0.25, -0.2) is 4.39 Å². The van der Waals surface area contributed by atoms with Crippen molar-refractivity contribution in [2.24, 2.45) is 5.92 Å². The molecule has 0 saturated carbocycles. The number of carbonyl (C=O) groups is 1. The van der Waals surface area contributed by atoms with Crippen molar-refractivity contribution in [2.75, 3.05) is 25.1 Å². The highest BCUT2D eigenvalue weighted by molar-refractivity contribution is 5.98. The Morgan fingerprint density at radius 3 is 2.90 bits per heavy atom. The van der Waals surface area contributed by atoms with Crippen LogP contribution >= 0.6 is 0 Å². The molecule has 1 heterocycles. The Bertz CT molecular complexity index is 484. The molecule has 0 spiro atoms. The Labute approximate surface area is 117 Å². The highest BCUT2D eigenvalue weighted by atomic mass is 19.1. The Morgan fingerprint density at radius 2 is 2.25 bits per heavy atom. The van der Waals surface area contributed by atoms with Gasteiger partial charge in [-0.15, -0.1) is 0 Å². The van der Waals surface area contributed by atoms with Crippen LogP contribution in [0.3, 0.4) is 0 Å². The summed E-state index contributed by atoms with van der Waals surface area (Å²) in [6, 6.07) is 4.36. The van der Waals surface area contributed by atoms with Gasteiger partial charge < -0.3 is 14.8 Å². The maximum atomic E-state index is 13.8. The standard InChI is InChI=1S/C15H18FNO3/c1-2-15(18)17-12-3-4-14(13(16)9-12)20-10-11-5-7-19-8-6-11/h2-4,9,11H,1,5-8,10H2,(H,17,18). The van der Waals surface area contributed by atoms with E-state index >= 15 is 0 Å². The number of carbonyl (C=O) groups excluding carboxylic acids is 1. The van der Waals surface area contributed by atoms with E-state index in [0.717, 1.165) is 32.1 Å². The van der Waals surface area contributed by atoms with E-state index in [4.69, 9.17) is 9.47 Å². The summed E-state index contributed by atoms with van der Waals surface area (Å²) < 4.78 is 24.6. The van der Waals surface area contributed by atoms with Gasteiger partial charge in [0.1, 0.15) is 0 Å². The van der Waals surface area contributed by atoms with Gasteiger partial charge in [-0.2, -0.15) is 0 Å². The van der Waals surface area contributed by atoms with Crippen molar-refractivity contribution in [1.82, 2.24) is 0 Å². The van der Waals surface area contributed by atoms with Gasteiger partial charge in [-0.3, -0.25) is 4.79 Å². The SMILES string of the molecule is C=CC(=O)Nc1ccc(OCC2CCOCC2)c(F)c1. The topological polar surface area (TPSA) is 47.6 Å². The molecule has 108 valence electrons. The van der Waals surface area contributed by atoms with Crippen LogP contribution in [-0.4, -0.2) is 25.7 Å². The molecule has 1 fully saturated rings. The summed E-state index contributed by atoms with van der Waals surface area (Å²) >= 11 is 0. The first-order valence-corrected chi connectivity index (χ1v) is 6.62. The first-order valence-electron chi connectivity index (χ1n) is 6.62. The monoisotopic (exact) mass is 279 g/mol. The van der Waals surface area contributed by atoms with Gasteiger partial charge >= 0.3 is 0 Å². The van der Waals surface area contributed by atoms with Gasteiger partial charge in [0, 0.05) is 25.0 Å². The van der Waals surface area contributed by atoms with E-state index in [-0.39, 0.29) is 11.7 Å². The molecule has 1 amide bonds. The van der Waals surface area contributed by atoms with E-state index in [2.05, 4.69) is 11.9 Å². The van der Waals surface area contributed by atoms with Crippen molar-refractivity contribution in [2.45, 2.75) is 12.8 Å². The summed E-state index contributed by atoms with van der Waals surface area (Å²) in [5.74, 6) is -0.254. The normalized spacial score (nSPS) is 15.7. The Balaban J connectivity index is 1.91. The molecule has 5 heteroatoms. The van der Waals surface area contributed by atoms with Crippen molar-refractivity contribution in [3.05, 3.63) is 36.7 Å². The van der Waals surface area contributed by atoms with Crippen molar-refractivity contribution in [3.8, 4) is 5.75 Å². The van der Waals surface area contributed by atoms with Crippen LogP contribution in [0.5, 0.6) is 5.75 Å². The number of nitrogens with one attached hydrogen (secondary N) is 1. The zero-order valence-corrected chi connectivity index (χ0v) is 11.2. The van der Waals surface area contributed by atoms with Crippen LogP contribution in [0.15, 0.2) is 30.9 Å². The first kappa shape index (κ1) is 14.5. The minimum Gasteiger partial charge on any atom is -0.490 e. The fraction of sp³-hybridized carbons (Fsp3) is 0.400. The van der Waals surface area contributed by atoms with Gasteiger partial charge in [0.05, 0.1) is 6.61 Å². The molecule has 1 aromatic carbocycles. The van der Waals surface area contributed by atoms with Crippen LogP contribution in [0.4, 0.5) is 10.1 Å². The lowest BCUT2D eigenvalue weighted by molar-refractivity contribution is -0.111. The average Bonchev–Trinajstić information content (AvgIpc) is 2.47. The van der Waals surface area contributed by atoms with E-state index in [0.29, 0.717) is 18.2 Å².